The predicted octanol–water partition coefficient (Wildman–Crippen LogP) is 4.52. The van der Waals surface area contributed by atoms with E-state index >= 15 is 0 Å². The molecule has 3 nitrogen and oxygen atoms in total. The summed E-state index contributed by atoms with van der Waals surface area (Å²) in [7, 11) is 0. The molecule has 3 aromatic rings. The summed E-state index contributed by atoms with van der Waals surface area (Å²) in [4.78, 5) is 8.61. The van der Waals surface area contributed by atoms with Gasteiger partial charge >= 0.3 is 0 Å². The number of nitrogens with zero attached hydrogens (tertiary/aromatic N) is 2. The lowest BCUT2D eigenvalue weighted by Gasteiger charge is -2.12. The van der Waals surface area contributed by atoms with Gasteiger partial charge in [-0.05, 0) is 31.2 Å². The molecule has 0 radical (unpaired) electrons. The first-order chi connectivity index (χ1) is 9.22. The standard InChI is InChI=1S/C14H12ClN3S/c1-9(17-10-6-7-16-13(15)8-10)14-18-11-4-2-3-5-12(11)19-14/h2-9H,1H3,(H,16,17). The normalized spacial score (nSPS) is 12.5. The van der Waals surface area contributed by atoms with Gasteiger partial charge in [-0.15, -0.1) is 11.3 Å². The van der Waals surface area contributed by atoms with Crippen LogP contribution >= 0.6 is 22.9 Å². The Morgan fingerprint density at radius 1 is 1.26 bits per heavy atom. The molecule has 96 valence electrons. The fraction of sp³-hybridized carbons (Fsp3) is 0.143. The van der Waals surface area contributed by atoms with Crippen molar-refractivity contribution in [2.75, 3.05) is 5.32 Å². The number of pyridine rings is 1. The maximum absolute atomic E-state index is 5.87. The highest BCUT2D eigenvalue weighted by molar-refractivity contribution is 7.18. The molecule has 0 amide bonds. The molecule has 1 aromatic carbocycles. The van der Waals surface area contributed by atoms with Gasteiger partial charge in [-0.2, -0.15) is 0 Å². The van der Waals surface area contributed by atoms with Crippen molar-refractivity contribution in [1.82, 2.24) is 9.97 Å². The lowest BCUT2D eigenvalue weighted by atomic mass is 10.3. The van der Waals surface area contributed by atoms with Crippen LogP contribution in [0.1, 0.15) is 18.0 Å². The molecule has 2 heterocycles. The Labute approximate surface area is 120 Å². The summed E-state index contributed by atoms with van der Waals surface area (Å²) in [6.45, 7) is 2.09. The summed E-state index contributed by atoms with van der Waals surface area (Å²) < 4.78 is 1.21. The van der Waals surface area contributed by atoms with Gasteiger partial charge in [0.05, 0.1) is 16.3 Å². The first-order valence-electron chi connectivity index (χ1n) is 5.96. The molecule has 0 fully saturated rings. The van der Waals surface area contributed by atoms with Gasteiger partial charge in [0.25, 0.3) is 0 Å². The van der Waals surface area contributed by atoms with Crippen LogP contribution < -0.4 is 5.32 Å². The second-order valence-corrected chi connectivity index (χ2v) is 5.70. The van der Waals surface area contributed by atoms with Crippen molar-refractivity contribution in [1.29, 1.82) is 0 Å². The van der Waals surface area contributed by atoms with Crippen LogP contribution in [0.25, 0.3) is 10.2 Å². The number of benzene rings is 1. The minimum Gasteiger partial charge on any atom is -0.376 e. The third-order valence-electron chi connectivity index (χ3n) is 2.79. The van der Waals surface area contributed by atoms with Gasteiger partial charge in [0.15, 0.2) is 0 Å². The number of halogens is 1. The first-order valence-corrected chi connectivity index (χ1v) is 7.15. The first kappa shape index (κ1) is 12.4. The molecule has 0 spiro atoms. The van der Waals surface area contributed by atoms with Crippen LogP contribution in [0.15, 0.2) is 42.6 Å². The van der Waals surface area contributed by atoms with E-state index in [1.54, 1.807) is 17.5 Å². The number of thiazole rings is 1. The molecule has 0 aliphatic rings. The number of hydrogen-bond acceptors (Lipinski definition) is 4. The summed E-state index contributed by atoms with van der Waals surface area (Å²) in [5.41, 5.74) is 2.00. The molecule has 5 heteroatoms. The lowest BCUT2D eigenvalue weighted by molar-refractivity contribution is 0.873. The van der Waals surface area contributed by atoms with Crippen LogP contribution in [0, 0.1) is 0 Å². The summed E-state index contributed by atoms with van der Waals surface area (Å²) in [6, 6.07) is 12.0. The van der Waals surface area contributed by atoms with Crippen LogP contribution in [-0.4, -0.2) is 9.97 Å². The lowest BCUT2D eigenvalue weighted by Crippen LogP contribution is -2.06. The minimum absolute atomic E-state index is 0.135. The molecule has 0 aliphatic carbocycles. The highest BCUT2D eigenvalue weighted by atomic mass is 35.5. The Balaban J connectivity index is 1.85. The molecule has 0 aliphatic heterocycles. The van der Waals surface area contributed by atoms with Crippen molar-refractivity contribution in [3.63, 3.8) is 0 Å². The number of anilines is 1. The Morgan fingerprint density at radius 2 is 2.11 bits per heavy atom. The molecule has 1 N–H and O–H groups in total. The second-order valence-electron chi connectivity index (χ2n) is 4.25. The SMILES string of the molecule is CC(Nc1ccnc(Cl)c1)c1nc2ccccc2s1. The zero-order valence-electron chi connectivity index (χ0n) is 10.3. The van der Waals surface area contributed by atoms with E-state index in [4.69, 9.17) is 11.6 Å². The van der Waals surface area contributed by atoms with Crippen LogP contribution in [-0.2, 0) is 0 Å². The monoisotopic (exact) mass is 289 g/mol. The third-order valence-corrected chi connectivity index (χ3v) is 4.22. The Kier molecular flexibility index (Phi) is 3.36. The summed E-state index contributed by atoms with van der Waals surface area (Å²) in [5, 5.41) is 4.93. The summed E-state index contributed by atoms with van der Waals surface area (Å²) >= 11 is 7.58. The van der Waals surface area contributed by atoms with E-state index in [-0.39, 0.29) is 6.04 Å². The molecule has 1 unspecified atom stereocenters. The van der Waals surface area contributed by atoms with Crippen LogP contribution in [0.4, 0.5) is 5.69 Å². The van der Waals surface area contributed by atoms with Gasteiger partial charge in [0.2, 0.25) is 0 Å². The number of hydrogen-bond donors (Lipinski definition) is 1. The molecule has 3 rings (SSSR count). The maximum atomic E-state index is 5.87. The Bertz CT molecular complexity index is 677. The molecule has 0 saturated heterocycles. The molecule has 19 heavy (non-hydrogen) atoms. The number of aromatic nitrogens is 2. The van der Waals surface area contributed by atoms with E-state index in [1.165, 1.54) is 4.70 Å². The highest BCUT2D eigenvalue weighted by Gasteiger charge is 2.11. The Morgan fingerprint density at radius 3 is 2.89 bits per heavy atom. The Hall–Kier alpha value is -1.65. The predicted molar refractivity (Wildman–Crippen MR) is 80.9 cm³/mol. The van der Waals surface area contributed by atoms with Gasteiger partial charge in [-0.25, -0.2) is 9.97 Å². The van der Waals surface area contributed by atoms with Crippen molar-refractivity contribution < 1.29 is 0 Å². The van der Waals surface area contributed by atoms with Gasteiger partial charge in [-0.1, -0.05) is 23.7 Å². The minimum atomic E-state index is 0.135. The second kappa shape index (κ2) is 5.15. The molecule has 0 saturated carbocycles. The fourth-order valence-corrected chi connectivity index (χ4v) is 3.02. The van der Waals surface area contributed by atoms with Crippen molar-refractivity contribution in [2.45, 2.75) is 13.0 Å². The number of nitrogens with one attached hydrogen (secondary N) is 1. The fourth-order valence-electron chi connectivity index (χ4n) is 1.88. The van der Waals surface area contributed by atoms with E-state index < -0.39 is 0 Å². The largest absolute Gasteiger partial charge is 0.376 e. The molecule has 2 aromatic heterocycles. The number of para-hydroxylation sites is 1. The number of fused-ring (bicyclic) bond motifs is 1. The highest BCUT2D eigenvalue weighted by Crippen LogP contribution is 2.28. The van der Waals surface area contributed by atoms with Crippen molar-refractivity contribution >= 4 is 38.8 Å². The van der Waals surface area contributed by atoms with Crippen molar-refractivity contribution in [3.8, 4) is 0 Å². The zero-order valence-corrected chi connectivity index (χ0v) is 11.9. The van der Waals surface area contributed by atoms with E-state index in [2.05, 4.69) is 28.3 Å². The average molecular weight is 290 g/mol. The topological polar surface area (TPSA) is 37.8 Å². The van der Waals surface area contributed by atoms with Crippen LogP contribution in [0.3, 0.4) is 0 Å². The van der Waals surface area contributed by atoms with Crippen molar-refractivity contribution in [2.24, 2.45) is 0 Å². The van der Waals surface area contributed by atoms with Gasteiger partial charge in [0.1, 0.15) is 10.2 Å². The maximum Gasteiger partial charge on any atom is 0.131 e. The van der Waals surface area contributed by atoms with E-state index in [0.717, 1.165) is 16.2 Å². The zero-order chi connectivity index (χ0) is 13.2. The van der Waals surface area contributed by atoms with Crippen molar-refractivity contribution in [3.05, 3.63) is 52.8 Å². The van der Waals surface area contributed by atoms with E-state index in [1.807, 2.05) is 30.3 Å². The number of rotatable bonds is 3. The van der Waals surface area contributed by atoms with Crippen LogP contribution in [0.2, 0.25) is 5.15 Å². The summed E-state index contributed by atoms with van der Waals surface area (Å²) in [6.07, 6.45) is 1.69. The molecular formula is C14H12ClN3S. The van der Waals surface area contributed by atoms with Gasteiger partial charge in [-0.3, -0.25) is 0 Å². The quantitative estimate of drug-likeness (QED) is 0.721. The van der Waals surface area contributed by atoms with E-state index in [0.29, 0.717) is 5.15 Å². The summed E-state index contributed by atoms with van der Waals surface area (Å²) in [5.74, 6) is 0. The third kappa shape index (κ3) is 2.69. The van der Waals surface area contributed by atoms with Crippen LogP contribution in [0.5, 0.6) is 0 Å². The molecular weight excluding hydrogens is 278 g/mol. The van der Waals surface area contributed by atoms with Gasteiger partial charge in [0, 0.05) is 11.9 Å². The average Bonchev–Trinajstić information content (AvgIpc) is 2.82. The van der Waals surface area contributed by atoms with Gasteiger partial charge < -0.3 is 5.32 Å². The van der Waals surface area contributed by atoms with E-state index in [9.17, 15) is 0 Å². The molecule has 0 bridgehead atoms. The smallest absolute Gasteiger partial charge is 0.131 e. The molecule has 1 atom stereocenters.